The van der Waals surface area contributed by atoms with Crippen LogP contribution >= 0.6 is 0 Å². The highest BCUT2D eigenvalue weighted by Crippen LogP contribution is 2.35. The predicted octanol–water partition coefficient (Wildman–Crippen LogP) is 3.16. The second-order valence-electron chi connectivity index (χ2n) is 5.91. The number of methoxy groups -OCH3 is 1. The number of nitrogens with two attached hydrogens (primary N) is 1. The van der Waals surface area contributed by atoms with Gasteiger partial charge in [0.2, 0.25) is 0 Å². The molecule has 0 atom stereocenters. The van der Waals surface area contributed by atoms with Gasteiger partial charge < -0.3 is 21.1 Å². The lowest BCUT2D eigenvalue weighted by Gasteiger charge is -2.12. The fourth-order valence-corrected chi connectivity index (χ4v) is 2.87. The minimum atomic E-state index is -0.400. The van der Waals surface area contributed by atoms with Crippen molar-refractivity contribution < 1.29 is 14.3 Å². The Morgan fingerprint density at radius 1 is 1.20 bits per heavy atom. The second-order valence-corrected chi connectivity index (χ2v) is 5.91. The maximum Gasteiger partial charge on any atom is 0.338 e. The Labute approximate surface area is 145 Å². The van der Waals surface area contributed by atoms with Gasteiger partial charge in [-0.05, 0) is 49.7 Å². The highest BCUT2D eigenvalue weighted by Gasteiger charge is 2.26. The number of ether oxygens (including phenoxy) is 1. The molecule has 0 fully saturated rings. The molecule has 0 unspecified atom stereocenters. The summed E-state index contributed by atoms with van der Waals surface area (Å²) >= 11 is 0. The van der Waals surface area contributed by atoms with E-state index >= 15 is 0 Å². The Morgan fingerprint density at radius 2 is 1.96 bits per heavy atom. The number of aryl methyl sites for hydroxylation is 1. The molecule has 1 heterocycles. The number of rotatable bonds is 3. The number of anilines is 3. The summed E-state index contributed by atoms with van der Waals surface area (Å²) in [4.78, 5) is 24.2. The summed E-state index contributed by atoms with van der Waals surface area (Å²) in [5.74, 6) is -0.589. The van der Waals surface area contributed by atoms with Crippen LogP contribution in [0.2, 0.25) is 0 Å². The molecule has 1 aliphatic rings. The number of fused-ring (bicyclic) bond motifs is 1. The molecule has 3 rings (SSSR count). The van der Waals surface area contributed by atoms with Crippen molar-refractivity contribution in [2.75, 3.05) is 23.5 Å². The number of hydrogen-bond acceptors (Lipinski definition) is 5. The maximum absolute atomic E-state index is 12.3. The van der Waals surface area contributed by atoms with Crippen LogP contribution in [-0.4, -0.2) is 19.0 Å². The van der Waals surface area contributed by atoms with E-state index in [0.717, 1.165) is 16.8 Å². The first-order valence-corrected chi connectivity index (χ1v) is 7.79. The minimum absolute atomic E-state index is 0.189. The summed E-state index contributed by atoms with van der Waals surface area (Å²) in [6.45, 7) is 3.65. The lowest BCUT2D eigenvalue weighted by molar-refractivity contribution is -0.110. The Hall–Kier alpha value is -3.28. The third kappa shape index (κ3) is 3.06. The van der Waals surface area contributed by atoms with Gasteiger partial charge in [0.25, 0.3) is 5.91 Å². The molecule has 0 saturated carbocycles. The van der Waals surface area contributed by atoms with Crippen LogP contribution in [0.5, 0.6) is 0 Å². The molecule has 0 bridgehead atoms. The minimum Gasteiger partial charge on any atom is -0.465 e. The molecule has 25 heavy (non-hydrogen) atoms. The van der Waals surface area contributed by atoms with Crippen molar-refractivity contribution in [1.82, 2.24) is 0 Å². The summed E-state index contributed by atoms with van der Waals surface area (Å²) in [5.41, 5.74) is 11.1. The van der Waals surface area contributed by atoms with Crippen LogP contribution in [-0.2, 0) is 9.53 Å². The molecule has 6 heteroatoms. The molecule has 4 N–H and O–H groups in total. The van der Waals surface area contributed by atoms with Crippen LogP contribution in [0.1, 0.15) is 28.4 Å². The van der Waals surface area contributed by atoms with Crippen LogP contribution in [0.3, 0.4) is 0 Å². The quantitative estimate of drug-likeness (QED) is 0.454. The molecule has 1 aliphatic heterocycles. The van der Waals surface area contributed by atoms with Crippen molar-refractivity contribution in [1.29, 1.82) is 0 Å². The van der Waals surface area contributed by atoms with Gasteiger partial charge in [-0.2, -0.15) is 0 Å². The Bertz CT molecular complexity index is 916. The summed E-state index contributed by atoms with van der Waals surface area (Å²) in [6.07, 6.45) is 0. The monoisotopic (exact) mass is 337 g/mol. The van der Waals surface area contributed by atoms with E-state index in [1.807, 2.05) is 26.0 Å². The van der Waals surface area contributed by atoms with E-state index in [0.29, 0.717) is 28.2 Å². The maximum atomic E-state index is 12.3. The zero-order valence-corrected chi connectivity index (χ0v) is 14.3. The van der Waals surface area contributed by atoms with Gasteiger partial charge in [-0.15, -0.1) is 0 Å². The van der Waals surface area contributed by atoms with E-state index in [-0.39, 0.29) is 5.91 Å². The zero-order chi connectivity index (χ0) is 18.1. The normalized spacial score (nSPS) is 14.6. The smallest absolute Gasteiger partial charge is 0.338 e. The van der Waals surface area contributed by atoms with Gasteiger partial charge in [0, 0.05) is 28.3 Å². The summed E-state index contributed by atoms with van der Waals surface area (Å²) in [7, 11) is 1.35. The molecule has 0 aromatic heterocycles. The third-order valence-electron chi connectivity index (χ3n) is 4.14. The van der Waals surface area contributed by atoms with Crippen molar-refractivity contribution in [3.8, 4) is 0 Å². The highest BCUT2D eigenvalue weighted by atomic mass is 16.5. The topological polar surface area (TPSA) is 93.4 Å². The number of carbonyl (C=O) groups is 2. The van der Waals surface area contributed by atoms with Gasteiger partial charge >= 0.3 is 5.97 Å². The van der Waals surface area contributed by atoms with Gasteiger partial charge in [-0.1, -0.05) is 6.07 Å². The van der Waals surface area contributed by atoms with Gasteiger partial charge in [0.1, 0.15) is 0 Å². The summed E-state index contributed by atoms with van der Waals surface area (Å²) in [6, 6.07) is 10.7. The van der Waals surface area contributed by atoms with Crippen LogP contribution in [0.4, 0.5) is 17.1 Å². The molecule has 2 aromatic rings. The molecular weight excluding hydrogens is 318 g/mol. The number of amides is 1. The first kappa shape index (κ1) is 16.6. The summed E-state index contributed by atoms with van der Waals surface area (Å²) < 4.78 is 4.80. The van der Waals surface area contributed by atoms with Crippen molar-refractivity contribution >= 4 is 34.5 Å². The van der Waals surface area contributed by atoms with E-state index < -0.39 is 5.97 Å². The number of esters is 1. The molecule has 0 aliphatic carbocycles. The molecule has 0 spiro atoms. The lowest BCUT2D eigenvalue weighted by atomic mass is 10.0. The van der Waals surface area contributed by atoms with Crippen LogP contribution in [0.25, 0.3) is 5.57 Å². The molecular formula is C19H19N3O3. The van der Waals surface area contributed by atoms with E-state index in [1.165, 1.54) is 7.11 Å². The second kappa shape index (κ2) is 6.32. The van der Waals surface area contributed by atoms with Crippen molar-refractivity contribution in [3.05, 3.63) is 58.8 Å². The number of allylic oxidation sites excluding steroid dienone is 1. The van der Waals surface area contributed by atoms with Gasteiger partial charge in [0.15, 0.2) is 0 Å². The van der Waals surface area contributed by atoms with E-state index in [4.69, 9.17) is 10.5 Å². The van der Waals surface area contributed by atoms with Crippen LogP contribution in [0, 0.1) is 6.92 Å². The third-order valence-corrected chi connectivity index (χ3v) is 4.14. The number of carbonyl (C=O) groups excluding carboxylic acids is 2. The Morgan fingerprint density at radius 3 is 2.68 bits per heavy atom. The number of nitrogens with one attached hydrogen (secondary N) is 2. The number of nitrogen functional groups attached to an aromatic ring is 1. The number of hydrogen-bond donors (Lipinski definition) is 3. The molecule has 0 saturated heterocycles. The van der Waals surface area contributed by atoms with Crippen molar-refractivity contribution in [2.45, 2.75) is 13.8 Å². The first-order valence-electron chi connectivity index (χ1n) is 7.79. The van der Waals surface area contributed by atoms with E-state index in [9.17, 15) is 9.59 Å². The fraction of sp³-hybridized carbons (Fsp3) is 0.158. The highest BCUT2D eigenvalue weighted by molar-refractivity contribution is 6.32. The molecule has 6 nitrogen and oxygen atoms in total. The van der Waals surface area contributed by atoms with Gasteiger partial charge in [-0.25, -0.2) is 4.79 Å². The van der Waals surface area contributed by atoms with E-state index in [2.05, 4.69) is 10.6 Å². The summed E-state index contributed by atoms with van der Waals surface area (Å²) in [5, 5.41) is 6.01. The average Bonchev–Trinajstić information content (AvgIpc) is 2.91. The van der Waals surface area contributed by atoms with Gasteiger partial charge in [-0.3, -0.25) is 4.79 Å². The SMILES string of the molecule is COC(=O)c1cc(N/C(C)=C2\C(=O)Nc3ccc(N)cc32)ccc1C. The van der Waals surface area contributed by atoms with Crippen molar-refractivity contribution in [3.63, 3.8) is 0 Å². The largest absolute Gasteiger partial charge is 0.465 e. The Balaban J connectivity index is 1.99. The van der Waals surface area contributed by atoms with Gasteiger partial charge in [0.05, 0.1) is 18.2 Å². The molecule has 2 aromatic carbocycles. The van der Waals surface area contributed by atoms with Crippen molar-refractivity contribution in [2.24, 2.45) is 0 Å². The average molecular weight is 337 g/mol. The standard InChI is InChI=1S/C19H19N3O3/c1-10-4-6-13(9-14(10)19(24)25-3)21-11(2)17-15-8-12(20)5-7-16(15)22-18(17)23/h4-9,21H,20H2,1-3H3,(H,22,23)/b17-11-. The molecule has 0 radical (unpaired) electrons. The Kier molecular flexibility index (Phi) is 4.19. The molecule has 128 valence electrons. The molecule has 1 amide bonds. The number of benzene rings is 2. The van der Waals surface area contributed by atoms with Crippen LogP contribution in [0.15, 0.2) is 42.1 Å². The van der Waals surface area contributed by atoms with Crippen LogP contribution < -0.4 is 16.4 Å². The fourth-order valence-electron chi connectivity index (χ4n) is 2.87. The lowest BCUT2D eigenvalue weighted by Crippen LogP contribution is -2.10. The zero-order valence-electron chi connectivity index (χ0n) is 14.3. The predicted molar refractivity (Wildman–Crippen MR) is 98.2 cm³/mol. The van der Waals surface area contributed by atoms with E-state index in [1.54, 1.807) is 24.3 Å². The first-order chi connectivity index (χ1) is 11.9.